The van der Waals surface area contributed by atoms with E-state index in [1.165, 1.54) is 5.56 Å². The number of fused-ring (bicyclic) bond motifs is 1. The van der Waals surface area contributed by atoms with Crippen LogP contribution in [0.3, 0.4) is 0 Å². The molecule has 0 amide bonds. The fourth-order valence-electron chi connectivity index (χ4n) is 3.98. The summed E-state index contributed by atoms with van der Waals surface area (Å²) < 4.78 is 2.06. The highest BCUT2D eigenvalue weighted by Gasteiger charge is 2.31. The number of guanidine groups is 1. The molecule has 1 aliphatic rings. The lowest BCUT2D eigenvalue weighted by atomic mass is 9.81. The third-order valence-electron chi connectivity index (χ3n) is 5.21. The highest BCUT2D eigenvalue weighted by Crippen LogP contribution is 2.37. The normalized spacial score (nSPS) is 17.2. The van der Waals surface area contributed by atoms with Gasteiger partial charge in [-0.15, -0.1) is 5.10 Å². The SMILES string of the molecule is Cc1nn(Cc2ccccc2)c2c1C(=NN=C(N)N)CC(c1ccccc1Cl)C2. The number of aryl methyl sites for hydroxylation is 1. The lowest BCUT2D eigenvalue weighted by Crippen LogP contribution is -2.24. The van der Waals surface area contributed by atoms with Gasteiger partial charge in [0.15, 0.2) is 0 Å². The molecule has 0 aliphatic heterocycles. The first-order valence-corrected chi connectivity index (χ1v) is 9.91. The third-order valence-corrected chi connectivity index (χ3v) is 5.55. The molecular formula is C22H23ClN6. The molecule has 1 unspecified atom stereocenters. The number of hydrogen-bond acceptors (Lipinski definition) is 3. The molecule has 1 atom stereocenters. The summed E-state index contributed by atoms with van der Waals surface area (Å²) in [5, 5.41) is 13.9. The smallest absolute Gasteiger partial charge is 0.211 e. The maximum Gasteiger partial charge on any atom is 0.211 e. The number of aromatic nitrogens is 2. The van der Waals surface area contributed by atoms with Gasteiger partial charge in [-0.1, -0.05) is 60.1 Å². The zero-order valence-corrected chi connectivity index (χ0v) is 17.0. The molecular weight excluding hydrogens is 384 g/mol. The predicted octanol–water partition coefficient (Wildman–Crippen LogP) is 3.60. The first-order valence-electron chi connectivity index (χ1n) is 9.53. The fourth-order valence-corrected chi connectivity index (χ4v) is 4.27. The van der Waals surface area contributed by atoms with Crippen molar-refractivity contribution in [1.29, 1.82) is 0 Å². The lowest BCUT2D eigenvalue weighted by Gasteiger charge is -2.25. The quantitative estimate of drug-likeness (QED) is 0.393. The van der Waals surface area contributed by atoms with Crippen molar-refractivity contribution in [2.24, 2.45) is 21.7 Å². The molecule has 0 spiro atoms. The minimum Gasteiger partial charge on any atom is -0.369 e. The van der Waals surface area contributed by atoms with Crippen LogP contribution < -0.4 is 11.5 Å². The number of nitrogens with zero attached hydrogens (tertiary/aromatic N) is 4. The summed E-state index contributed by atoms with van der Waals surface area (Å²) in [6.07, 6.45) is 1.53. The Labute approximate surface area is 174 Å². The van der Waals surface area contributed by atoms with Gasteiger partial charge in [-0.05, 0) is 42.9 Å². The first kappa shape index (κ1) is 19.2. The van der Waals surface area contributed by atoms with Crippen molar-refractivity contribution in [2.45, 2.75) is 32.2 Å². The van der Waals surface area contributed by atoms with Crippen molar-refractivity contribution in [3.63, 3.8) is 0 Å². The van der Waals surface area contributed by atoms with E-state index in [1.54, 1.807) is 0 Å². The molecule has 7 heteroatoms. The standard InChI is InChI=1S/C22H23ClN6/c1-14-21-19(26-27-22(24)25)11-16(17-9-5-6-10-18(17)23)12-20(21)29(28-14)13-15-7-3-2-4-8-15/h2-10,16H,11-13H2,1H3,(H4,24,25,27). The van der Waals surface area contributed by atoms with E-state index in [1.807, 2.05) is 43.3 Å². The molecule has 1 heterocycles. The maximum atomic E-state index is 6.50. The number of hydrogen-bond donors (Lipinski definition) is 2. The monoisotopic (exact) mass is 406 g/mol. The van der Waals surface area contributed by atoms with E-state index in [4.69, 9.17) is 28.2 Å². The Morgan fingerprint density at radius 2 is 1.83 bits per heavy atom. The zero-order chi connectivity index (χ0) is 20.4. The Morgan fingerprint density at radius 3 is 2.55 bits per heavy atom. The first-order chi connectivity index (χ1) is 14.0. The summed E-state index contributed by atoms with van der Waals surface area (Å²) >= 11 is 6.50. The second-order valence-corrected chi connectivity index (χ2v) is 7.66. The number of halogens is 1. The van der Waals surface area contributed by atoms with E-state index in [-0.39, 0.29) is 11.9 Å². The second kappa shape index (κ2) is 8.09. The van der Waals surface area contributed by atoms with E-state index in [9.17, 15) is 0 Å². The average molecular weight is 407 g/mol. The molecule has 4 rings (SSSR count). The summed E-state index contributed by atoms with van der Waals surface area (Å²) in [7, 11) is 0. The summed E-state index contributed by atoms with van der Waals surface area (Å²) in [5.41, 5.74) is 17.3. The zero-order valence-electron chi connectivity index (χ0n) is 16.2. The van der Waals surface area contributed by atoms with E-state index >= 15 is 0 Å². The van der Waals surface area contributed by atoms with Gasteiger partial charge in [0.05, 0.1) is 18.0 Å². The highest BCUT2D eigenvalue weighted by molar-refractivity contribution is 6.31. The van der Waals surface area contributed by atoms with Crippen LogP contribution >= 0.6 is 11.6 Å². The molecule has 1 aromatic heterocycles. The van der Waals surface area contributed by atoms with Gasteiger partial charge in [0.25, 0.3) is 0 Å². The summed E-state index contributed by atoms with van der Waals surface area (Å²) in [6, 6.07) is 18.2. The molecule has 0 saturated carbocycles. The van der Waals surface area contributed by atoms with E-state index < -0.39 is 0 Å². The number of benzene rings is 2. The van der Waals surface area contributed by atoms with Gasteiger partial charge in [0, 0.05) is 16.3 Å². The Hall–Kier alpha value is -3.12. The van der Waals surface area contributed by atoms with Crippen LogP contribution in [0.5, 0.6) is 0 Å². The minimum absolute atomic E-state index is 0.0618. The van der Waals surface area contributed by atoms with Gasteiger partial charge in [-0.25, -0.2) is 0 Å². The van der Waals surface area contributed by atoms with Gasteiger partial charge in [-0.3, -0.25) is 4.68 Å². The number of rotatable bonds is 4. The Bertz CT molecular complexity index is 1080. The van der Waals surface area contributed by atoms with Crippen molar-refractivity contribution in [3.05, 3.63) is 87.7 Å². The Kier molecular flexibility index (Phi) is 5.36. The Morgan fingerprint density at radius 1 is 1.10 bits per heavy atom. The Balaban J connectivity index is 1.80. The van der Waals surface area contributed by atoms with Crippen molar-refractivity contribution in [1.82, 2.24) is 9.78 Å². The maximum absolute atomic E-state index is 6.50. The molecule has 6 nitrogen and oxygen atoms in total. The summed E-state index contributed by atoms with van der Waals surface area (Å²) in [4.78, 5) is 0. The molecule has 1 aliphatic carbocycles. The largest absolute Gasteiger partial charge is 0.369 e. The molecule has 0 radical (unpaired) electrons. The second-order valence-electron chi connectivity index (χ2n) is 7.25. The van der Waals surface area contributed by atoms with Crippen LogP contribution in [-0.2, 0) is 13.0 Å². The lowest BCUT2D eigenvalue weighted by molar-refractivity contribution is 0.593. The summed E-state index contributed by atoms with van der Waals surface area (Å²) in [5.74, 6) is 0.114. The molecule has 0 saturated heterocycles. The molecule has 29 heavy (non-hydrogen) atoms. The van der Waals surface area contributed by atoms with Gasteiger partial charge in [0.2, 0.25) is 5.96 Å². The van der Waals surface area contributed by atoms with Crippen LogP contribution in [0.25, 0.3) is 0 Å². The van der Waals surface area contributed by atoms with E-state index in [0.29, 0.717) is 13.0 Å². The average Bonchev–Trinajstić information content (AvgIpc) is 3.02. The topological polar surface area (TPSA) is 94.6 Å². The molecule has 2 aromatic carbocycles. The highest BCUT2D eigenvalue weighted by atomic mass is 35.5. The van der Waals surface area contributed by atoms with E-state index in [2.05, 4.69) is 33.1 Å². The van der Waals surface area contributed by atoms with Crippen molar-refractivity contribution in [2.75, 3.05) is 0 Å². The van der Waals surface area contributed by atoms with Gasteiger partial charge in [-0.2, -0.15) is 10.2 Å². The van der Waals surface area contributed by atoms with Crippen LogP contribution in [0.1, 0.15) is 40.4 Å². The number of nitrogens with two attached hydrogens (primary N) is 2. The van der Waals surface area contributed by atoms with Crippen molar-refractivity contribution < 1.29 is 0 Å². The molecule has 0 bridgehead atoms. The van der Waals surface area contributed by atoms with Crippen molar-refractivity contribution >= 4 is 23.3 Å². The molecule has 3 aromatic rings. The van der Waals surface area contributed by atoms with Crippen LogP contribution in [0, 0.1) is 6.92 Å². The van der Waals surface area contributed by atoms with Gasteiger partial charge >= 0.3 is 0 Å². The molecule has 148 valence electrons. The van der Waals surface area contributed by atoms with E-state index in [0.717, 1.165) is 39.7 Å². The minimum atomic E-state index is -0.0618. The van der Waals surface area contributed by atoms with Gasteiger partial charge < -0.3 is 11.5 Å². The van der Waals surface area contributed by atoms with Crippen molar-refractivity contribution in [3.8, 4) is 0 Å². The third kappa shape index (κ3) is 4.03. The van der Waals surface area contributed by atoms with Crippen LogP contribution in [-0.4, -0.2) is 21.5 Å². The van der Waals surface area contributed by atoms with Crippen LogP contribution in [0.15, 0.2) is 64.8 Å². The van der Waals surface area contributed by atoms with Gasteiger partial charge in [0.1, 0.15) is 0 Å². The molecule has 4 N–H and O–H groups in total. The molecule has 0 fully saturated rings. The van der Waals surface area contributed by atoms with Crippen LogP contribution in [0.4, 0.5) is 0 Å². The predicted molar refractivity (Wildman–Crippen MR) is 117 cm³/mol. The fraction of sp³-hybridized carbons (Fsp3) is 0.227. The van der Waals surface area contributed by atoms with Crippen LogP contribution in [0.2, 0.25) is 5.02 Å². The summed E-state index contributed by atoms with van der Waals surface area (Å²) in [6.45, 7) is 2.70.